The molecule has 0 aliphatic heterocycles. The summed E-state index contributed by atoms with van der Waals surface area (Å²) in [5.74, 6) is 0. The molecular formula is C58H36N2O2. The Bertz CT molecular complexity index is 3860. The van der Waals surface area contributed by atoms with E-state index in [-0.39, 0.29) is 0 Å². The Morgan fingerprint density at radius 1 is 0.371 bits per heavy atom. The molecule has 0 spiro atoms. The highest BCUT2D eigenvalue weighted by molar-refractivity contribution is 6.28. The molecular weight excluding hydrogens is 757 g/mol. The monoisotopic (exact) mass is 792 g/mol. The van der Waals surface area contributed by atoms with Gasteiger partial charge in [-0.25, -0.2) is 0 Å². The summed E-state index contributed by atoms with van der Waals surface area (Å²) in [7, 11) is 0. The second-order valence-electron chi connectivity index (χ2n) is 16.0. The van der Waals surface area contributed by atoms with Crippen molar-refractivity contribution >= 4 is 93.5 Å². The molecule has 3 heterocycles. The number of rotatable bonds is 6. The van der Waals surface area contributed by atoms with Gasteiger partial charge in [0, 0.05) is 77.8 Å². The molecule has 62 heavy (non-hydrogen) atoms. The molecule has 0 amide bonds. The minimum absolute atomic E-state index is 0.853. The summed E-state index contributed by atoms with van der Waals surface area (Å²) in [5.41, 5.74) is 14.4. The fraction of sp³-hybridized carbons (Fsp3) is 0. The number of hydrogen-bond donors (Lipinski definition) is 0. The molecule has 0 radical (unpaired) electrons. The number of nitrogens with zero attached hydrogens (tertiary/aromatic N) is 2. The Morgan fingerprint density at radius 2 is 0.984 bits per heavy atom. The van der Waals surface area contributed by atoms with Crippen LogP contribution in [0.1, 0.15) is 0 Å². The van der Waals surface area contributed by atoms with Gasteiger partial charge in [-0.1, -0.05) is 152 Å². The zero-order valence-corrected chi connectivity index (χ0v) is 33.5. The SMILES string of the molecule is c1ccc(-c2c3c(cc4c2c2cccc(-c5cccc6c5oc5ccccc56)c2n4-c2ccc(N(c4ccccc4)c4ccc5ccccc5c4)cc2)oc2ccccc23)cc1. The van der Waals surface area contributed by atoms with Gasteiger partial charge >= 0.3 is 0 Å². The van der Waals surface area contributed by atoms with E-state index >= 15 is 0 Å². The molecule has 4 heteroatoms. The minimum Gasteiger partial charge on any atom is -0.456 e. The molecule has 0 saturated carbocycles. The van der Waals surface area contributed by atoms with E-state index in [2.05, 4.69) is 216 Å². The van der Waals surface area contributed by atoms with Gasteiger partial charge in [0.2, 0.25) is 0 Å². The number of benzene rings is 10. The number of anilines is 3. The first-order valence-electron chi connectivity index (χ1n) is 21.1. The zero-order valence-electron chi connectivity index (χ0n) is 33.5. The predicted molar refractivity (Wildman–Crippen MR) is 258 cm³/mol. The lowest BCUT2D eigenvalue weighted by Gasteiger charge is -2.26. The molecule has 13 aromatic rings. The van der Waals surface area contributed by atoms with E-state index in [9.17, 15) is 0 Å². The van der Waals surface area contributed by atoms with Crippen molar-refractivity contribution in [2.45, 2.75) is 0 Å². The summed E-state index contributed by atoms with van der Waals surface area (Å²) in [4.78, 5) is 2.33. The van der Waals surface area contributed by atoms with Crippen LogP contribution in [0.25, 0.3) is 104 Å². The summed E-state index contributed by atoms with van der Waals surface area (Å²) in [6.07, 6.45) is 0. The third-order valence-electron chi connectivity index (χ3n) is 12.5. The Morgan fingerprint density at radius 3 is 1.79 bits per heavy atom. The lowest BCUT2D eigenvalue weighted by molar-refractivity contribution is 0.669. The van der Waals surface area contributed by atoms with E-state index in [1.807, 2.05) is 12.1 Å². The smallest absolute Gasteiger partial charge is 0.143 e. The van der Waals surface area contributed by atoms with Crippen LogP contribution in [0.15, 0.2) is 227 Å². The maximum atomic E-state index is 6.76. The maximum Gasteiger partial charge on any atom is 0.143 e. The van der Waals surface area contributed by atoms with E-state index in [1.54, 1.807) is 0 Å². The van der Waals surface area contributed by atoms with E-state index in [1.165, 1.54) is 16.2 Å². The minimum atomic E-state index is 0.853. The fourth-order valence-electron chi connectivity index (χ4n) is 9.86. The van der Waals surface area contributed by atoms with Crippen LogP contribution in [-0.4, -0.2) is 4.57 Å². The molecule has 13 rings (SSSR count). The number of aromatic nitrogens is 1. The zero-order chi connectivity index (χ0) is 40.7. The van der Waals surface area contributed by atoms with Gasteiger partial charge in [-0.05, 0) is 77.0 Å². The van der Waals surface area contributed by atoms with E-state index in [0.717, 1.165) is 105 Å². The Balaban J connectivity index is 1.12. The van der Waals surface area contributed by atoms with Crippen LogP contribution >= 0.6 is 0 Å². The maximum absolute atomic E-state index is 6.76. The van der Waals surface area contributed by atoms with Gasteiger partial charge < -0.3 is 18.3 Å². The van der Waals surface area contributed by atoms with Gasteiger partial charge in [0.1, 0.15) is 22.3 Å². The summed E-state index contributed by atoms with van der Waals surface area (Å²) in [5, 5.41) is 9.18. The number of furan rings is 2. The van der Waals surface area contributed by atoms with Crippen LogP contribution < -0.4 is 4.90 Å². The lowest BCUT2D eigenvalue weighted by atomic mass is 9.93. The van der Waals surface area contributed by atoms with Crippen LogP contribution in [0.3, 0.4) is 0 Å². The highest BCUT2D eigenvalue weighted by Crippen LogP contribution is 2.49. The molecule has 290 valence electrons. The van der Waals surface area contributed by atoms with Crippen molar-refractivity contribution in [1.29, 1.82) is 0 Å². The average molecular weight is 793 g/mol. The van der Waals surface area contributed by atoms with Gasteiger partial charge in [0.25, 0.3) is 0 Å². The summed E-state index contributed by atoms with van der Waals surface area (Å²) in [6, 6.07) is 77.8. The summed E-state index contributed by atoms with van der Waals surface area (Å²) in [6.45, 7) is 0. The largest absolute Gasteiger partial charge is 0.456 e. The fourth-order valence-corrected chi connectivity index (χ4v) is 9.86. The van der Waals surface area contributed by atoms with E-state index in [0.29, 0.717) is 0 Å². The van der Waals surface area contributed by atoms with Crippen LogP contribution in [0.2, 0.25) is 0 Å². The van der Waals surface area contributed by atoms with Crippen LogP contribution in [0.4, 0.5) is 17.1 Å². The molecule has 3 aromatic heterocycles. The van der Waals surface area contributed by atoms with Crippen molar-refractivity contribution in [3.05, 3.63) is 218 Å². The first-order chi connectivity index (χ1) is 30.8. The van der Waals surface area contributed by atoms with Crippen molar-refractivity contribution in [3.8, 4) is 27.9 Å². The summed E-state index contributed by atoms with van der Waals surface area (Å²) < 4.78 is 15.9. The predicted octanol–water partition coefficient (Wildman–Crippen LogP) is 16.5. The molecule has 4 nitrogen and oxygen atoms in total. The molecule has 0 N–H and O–H groups in total. The van der Waals surface area contributed by atoms with E-state index in [4.69, 9.17) is 8.83 Å². The molecule has 0 fully saturated rings. The lowest BCUT2D eigenvalue weighted by Crippen LogP contribution is -2.10. The van der Waals surface area contributed by atoms with Gasteiger partial charge in [-0.2, -0.15) is 0 Å². The average Bonchev–Trinajstić information content (AvgIpc) is 4.01. The van der Waals surface area contributed by atoms with Crippen LogP contribution in [-0.2, 0) is 0 Å². The summed E-state index contributed by atoms with van der Waals surface area (Å²) >= 11 is 0. The van der Waals surface area contributed by atoms with Crippen molar-refractivity contribution in [3.63, 3.8) is 0 Å². The second kappa shape index (κ2) is 13.6. The molecule has 0 bridgehead atoms. The number of para-hydroxylation sites is 5. The quantitative estimate of drug-likeness (QED) is 0.168. The third kappa shape index (κ3) is 5.20. The standard InChI is InChI=1S/C58H36N2O2/c1-3-16-38(17-4-1)54-55-49-26-13-23-45(47-25-14-24-46-44-21-9-11-27-51(44)62-58(46)47)57(49)60(50(55)36-53-56(54)48-22-10-12-28-52(48)61-53)42-33-31-41(32-34-42)59(40-19-5-2-6-20-40)43-30-29-37-15-7-8-18-39(37)35-43/h1-36H. The van der Waals surface area contributed by atoms with Crippen molar-refractivity contribution in [2.75, 3.05) is 4.90 Å². The first-order valence-corrected chi connectivity index (χ1v) is 21.1. The molecule has 0 unspecified atom stereocenters. The van der Waals surface area contributed by atoms with Crippen molar-refractivity contribution in [1.82, 2.24) is 4.57 Å². The van der Waals surface area contributed by atoms with Crippen LogP contribution in [0.5, 0.6) is 0 Å². The Kier molecular flexibility index (Phi) is 7.57. The Labute approximate surface area is 356 Å². The molecule has 0 aliphatic rings. The van der Waals surface area contributed by atoms with Gasteiger partial charge in [0.15, 0.2) is 0 Å². The highest BCUT2D eigenvalue weighted by Gasteiger charge is 2.26. The molecule has 10 aromatic carbocycles. The van der Waals surface area contributed by atoms with Crippen molar-refractivity contribution < 1.29 is 8.83 Å². The topological polar surface area (TPSA) is 34.5 Å². The number of hydrogen-bond acceptors (Lipinski definition) is 3. The normalized spacial score (nSPS) is 11.9. The molecule has 0 saturated heterocycles. The number of fused-ring (bicyclic) bond motifs is 10. The van der Waals surface area contributed by atoms with Gasteiger partial charge in [0.05, 0.1) is 11.0 Å². The van der Waals surface area contributed by atoms with Crippen LogP contribution in [0, 0.1) is 0 Å². The Hall–Kier alpha value is -8.34. The van der Waals surface area contributed by atoms with E-state index < -0.39 is 0 Å². The van der Waals surface area contributed by atoms with Crippen molar-refractivity contribution in [2.24, 2.45) is 0 Å². The van der Waals surface area contributed by atoms with Gasteiger partial charge in [-0.3, -0.25) is 0 Å². The first kappa shape index (κ1) is 34.5. The molecule has 0 atom stereocenters. The second-order valence-corrected chi connectivity index (χ2v) is 16.0. The van der Waals surface area contributed by atoms with Gasteiger partial charge in [-0.15, -0.1) is 0 Å². The molecule has 0 aliphatic carbocycles. The third-order valence-corrected chi connectivity index (χ3v) is 12.5. The highest BCUT2D eigenvalue weighted by atomic mass is 16.3.